The molecule has 1 atom stereocenters. The number of ketones is 1. The Balaban J connectivity index is 2.00. The first-order valence-electron chi connectivity index (χ1n) is 9.99. The number of hydrogen-bond donors (Lipinski definition) is 1. The van der Waals surface area contributed by atoms with E-state index in [9.17, 15) is 20.2 Å². The van der Waals surface area contributed by atoms with Gasteiger partial charge in [-0.1, -0.05) is 18.5 Å². The minimum atomic E-state index is -0.570. The van der Waals surface area contributed by atoms with Crippen LogP contribution in [0.1, 0.15) is 37.0 Å². The van der Waals surface area contributed by atoms with Crippen LogP contribution in [0.15, 0.2) is 57.2 Å². The largest absolute Gasteiger partial charge is 0.384 e. The van der Waals surface area contributed by atoms with Gasteiger partial charge in [-0.15, -0.1) is 23.1 Å². The summed E-state index contributed by atoms with van der Waals surface area (Å²) in [6.07, 6.45) is 1.50. The molecule has 0 saturated carbocycles. The van der Waals surface area contributed by atoms with E-state index in [4.69, 9.17) is 17.3 Å². The number of nitro groups is 1. The minimum absolute atomic E-state index is 0.0565. The number of allylic oxidation sites excluding steroid dienone is 3. The van der Waals surface area contributed by atoms with E-state index in [0.717, 1.165) is 15.5 Å². The molecule has 1 aliphatic carbocycles. The monoisotopic (exact) mass is 486 g/mol. The Labute approximate surface area is 198 Å². The molecule has 1 aromatic carbocycles. The molecule has 0 spiro atoms. The summed E-state index contributed by atoms with van der Waals surface area (Å²) in [6, 6.07) is 8.49. The van der Waals surface area contributed by atoms with Crippen molar-refractivity contribution in [1.82, 2.24) is 0 Å². The van der Waals surface area contributed by atoms with E-state index < -0.39 is 10.8 Å². The zero-order chi connectivity index (χ0) is 23.0. The highest BCUT2D eigenvalue weighted by molar-refractivity contribution is 7.99. The van der Waals surface area contributed by atoms with Crippen molar-refractivity contribution in [3.8, 4) is 6.07 Å². The van der Waals surface area contributed by atoms with Crippen molar-refractivity contribution in [2.24, 2.45) is 5.73 Å². The number of benzene rings is 1. The number of Topliss-reactive ketones (excluding diaryl/α,β-unsaturated/α-hetero) is 1. The Morgan fingerprint density at radius 3 is 2.88 bits per heavy atom. The van der Waals surface area contributed by atoms with E-state index in [1.54, 1.807) is 11.8 Å². The van der Waals surface area contributed by atoms with Gasteiger partial charge in [0, 0.05) is 38.6 Å². The van der Waals surface area contributed by atoms with Gasteiger partial charge in [-0.25, -0.2) is 0 Å². The molecular formula is C22H19ClN4O3S2. The number of carbonyl (C=O) groups excluding carboxylic acids is 1. The SMILES string of the molecule is CCSc1ccsc1[C@H]1C(C#N)=C(N)N(c2ccc(Cl)cc2[N+](=O)[O-])C2=C1C(=O)CCC2. The van der Waals surface area contributed by atoms with Crippen molar-refractivity contribution in [2.45, 2.75) is 37.0 Å². The Bertz CT molecular complexity index is 1230. The molecule has 0 amide bonds. The van der Waals surface area contributed by atoms with Crippen molar-refractivity contribution in [1.29, 1.82) is 5.26 Å². The summed E-state index contributed by atoms with van der Waals surface area (Å²) in [7, 11) is 0. The fourth-order valence-corrected chi connectivity index (χ4v) is 6.47. The van der Waals surface area contributed by atoms with Crippen LogP contribution in [0.4, 0.5) is 11.4 Å². The molecule has 0 saturated heterocycles. The maximum Gasteiger partial charge on any atom is 0.294 e. The molecule has 164 valence electrons. The summed E-state index contributed by atoms with van der Waals surface area (Å²) in [5.74, 6) is 0.330. The smallest absolute Gasteiger partial charge is 0.294 e. The lowest BCUT2D eigenvalue weighted by Crippen LogP contribution is -2.39. The van der Waals surface area contributed by atoms with Crippen LogP contribution < -0.4 is 10.6 Å². The zero-order valence-electron chi connectivity index (χ0n) is 17.1. The van der Waals surface area contributed by atoms with Crippen molar-refractivity contribution in [3.05, 3.63) is 72.3 Å². The Morgan fingerprint density at radius 2 is 2.19 bits per heavy atom. The Morgan fingerprint density at radius 1 is 1.41 bits per heavy atom. The van der Waals surface area contributed by atoms with Crippen LogP contribution in [0.25, 0.3) is 0 Å². The Hall–Kier alpha value is -2.80. The predicted molar refractivity (Wildman–Crippen MR) is 127 cm³/mol. The topological polar surface area (TPSA) is 113 Å². The van der Waals surface area contributed by atoms with Crippen molar-refractivity contribution < 1.29 is 9.72 Å². The average molecular weight is 487 g/mol. The number of thioether (sulfide) groups is 1. The number of nitriles is 1. The minimum Gasteiger partial charge on any atom is -0.384 e. The zero-order valence-corrected chi connectivity index (χ0v) is 19.5. The summed E-state index contributed by atoms with van der Waals surface area (Å²) < 4.78 is 0. The summed E-state index contributed by atoms with van der Waals surface area (Å²) in [5.41, 5.74) is 7.83. The molecule has 4 rings (SSSR count). The lowest BCUT2D eigenvalue weighted by molar-refractivity contribution is -0.384. The van der Waals surface area contributed by atoms with Gasteiger partial charge >= 0.3 is 0 Å². The number of nitrogens with zero attached hydrogens (tertiary/aromatic N) is 3. The highest BCUT2D eigenvalue weighted by atomic mass is 35.5. The van der Waals surface area contributed by atoms with Gasteiger partial charge in [0.05, 0.1) is 22.5 Å². The van der Waals surface area contributed by atoms with Crippen molar-refractivity contribution in [3.63, 3.8) is 0 Å². The number of nitrogens with two attached hydrogens (primary N) is 1. The van der Waals surface area contributed by atoms with Gasteiger partial charge in [0.2, 0.25) is 0 Å². The van der Waals surface area contributed by atoms with Crippen LogP contribution in [-0.2, 0) is 4.79 Å². The predicted octanol–water partition coefficient (Wildman–Crippen LogP) is 5.73. The van der Waals surface area contributed by atoms with Gasteiger partial charge in [-0.3, -0.25) is 19.8 Å². The molecule has 1 aliphatic heterocycles. The van der Waals surface area contributed by atoms with Gasteiger partial charge in [0.1, 0.15) is 11.5 Å². The first-order valence-corrected chi connectivity index (χ1v) is 12.2. The fraction of sp³-hybridized carbons (Fsp3) is 0.273. The second-order valence-corrected chi connectivity index (χ2v) is 9.98. The average Bonchev–Trinajstić information content (AvgIpc) is 3.21. The third kappa shape index (κ3) is 3.68. The molecular weight excluding hydrogens is 468 g/mol. The molecule has 0 radical (unpaired) electrons. The standard InChI is InChI=1S/C22H19ClN4O3S2/c1-2-31-18-8-9-32-21(18)19-13(11-24)22(25)26(15-4-3-5-17(28)20(15)19)14-7-6-12(23)10-16(14)27(29)30/h6-10,19H,2-5,25H2,1H3/t19-/m0/s1. The van der Waals surface area contributed by atoms with E-state index in [-0.39, 0.29) is 33.6 Å². The van der Waals surface area contributed by atoms with Crippen LogP contribution >= 0.6 is 34.7 Å². The molecule has 1 aromatic heterocycles. The number of rotatable bonds is 5. The number of anilines is 1. The summed E-state index contributed by atoms with van der Waals surface area (Å²) >= 11 is 9.14. The van der Waals surface area contributed by atoms with Crippen LogP contribution in [0.3, 0.4) is 0 Å². The summed E-state index contributed by atoms with van der Waals surface area (Å²) in [5, 5.41) is 24.1. The molecule has 10 heteroatoms. The summed E-state index contributed by atoms with van der Waals surface area (Å²) in [6.45, 7) is 2.04. The van der Waals surface area contributed by atoms with E-state index in [0.29, 0.717) is 30.5 Å². The normalized spacial score (nSPS) is 18.6. The molecule has 2 aromatic rings. The number of halogens is 1. The number of hydrogen-bond acceptors (Lipinski definition) is 8. The third-order valence-corrected chi connectivity index (χ3v) is 7.81. The van der Waals surface area contributed by atoms with Gasteiger partial charge < -0.3 is 5.73 Å². The second kappa shape index (κ2) is 8.98. The molecule has 0 bridgehead atoms. The van der Waals surface area contributed by atoms with Gasteiger partial charge in [0.15, 0.2) is 5.78 Å². The number of thiophene rings is 1. The van der Waals surface area contributed by atoms with Gasteiger partial charge in [-0.2, -0.15) is 5.26 Å². The molecule has 32 heavy (non-hydrogen) atoms. The maximum atomic E-state index is 13.2. The molecule has 0 unspecified atom stereocenters. The van der Waals surface area contributed by atoms with E-state index in [2.05, 4.69) is 6.07 Å². The van der Waals surface area contributed by atoms with Crippen molar-refractivity contribution >= 4 is 51.9 Å². The van der Waals surface area contributed by atoms with Crippen LogP contribution in [0.5, 0.6) is 0 Å². The second-order valence-electron chi connectivity index (χ2n) is 7.29. The molecule has 2 heterocycles. The fourth-order valence-electron chi connectivity index (χ4n) is 4.25. The van der Waals surface area contributed by atoms with E-state index in [1.165, 1.54) is 34.4 Å². The van der Waals surface area contributed by atoms with E-state index >= 15 is 0 Å². The van der Waals surface area contributed by atoms with E-state index in [1.807, 2.05) is 18.4 Å². The van der Waals surface area contributed by atoms with Gasteiger partial charge in [0.25, 0.3) is 5.69 Å². The number of carbonyl (C=O) groups is 1. The molecule has 7 nitrogen and oxygen atoms in total. The molecule has 0 fully saturated rings. The van der Waals surface area contributed by atoms with Gasteiger partial charge in [-0.05, 0) is 42.2 Å². The highest BCUT2D eigenvalue weighted by Gasteiger charge is 2.42. The van der Waals surface area contributed by atoms with Crippen molar-refractivity contribution in [2.75, 3.05) is 10.7 Å². The molecule has 2 aliphatic rings. The third-order valence-electron chi connectivity index (χ3n) is 5.51. The summed E-state index contributed by atoms with van der Waals surface area (Å²) in [4.78, 5) is 27.9. The first kappa shape index (κ1) is 22.4. The Kier molecular flexibility index (Phi) is 6.29. The lowest BCUT2D eigenvalue weighted by Gasteiger charge is -2.39. The molecule has 2 N–H and O–H groups in total. The van der Waals surface area contributed by atoms with Crippen LogP contribution in [0, 0.1) is 21.4 Å². The van der Waals surface area contributed by atoms with Crippen LogP contribution in [-0.4, -0.2) is 16.5 Å². The quantitative estimate of drug-likeness (QED) is 0.326. The van der Waals surface area contributed by atoms with Crippen LogP contribution in [0.2, 0.25) is 5.02 Å². The number of nitro benzene ring substituents is 1. The maximum absolute atomic E-state index is 13.2. The highest BCUT2D eigenvalue weighted by Crippen LogP contribution is 2.50. The first-order chi connectivity index (χ1) is 15.4. The lowest BCUT2D eigenvalue weighted by atomic mass is 9.78.